The minimum Gasteiger partial charge on any atom is -0.493 e. The summed E-state index contributed by atoms with van der Waals surface area (Å²) in [7, 11) is 4.55. The van der Waals surface area contributed by atoms with Gasteiger partial charge in [-0.2, -0.15) is 0 Å². The average Bonchev–Trinajstić information content (AvgIpc) is 2.78. The van der Waals surface area contributed by atoms with Crippen LogP contribution >= 0.6 is 12.6 Å². The highest BCUT2D eigenvalue weighted by atomic mass is 32.1. The molecule has 1 N–H and O–H groups in total. The number of amides is 2. The lowest BCUT2D eigenvalue weighted by Gasteiger charge is -2.32. The number of ether oxygens (including phenoxy) is 3. The summed E-state index contributed by atoms with van der Waals surface area (Å²) in [6.45, 7) is 1.09. The minimum atomic E-state index is -0.144. The van der Waals surface area contributed by atoms with Crippen molar-refractivity contribution in [3.8, 4) is 17.2 Å². The van der Waals surface area contributed by atoms with Crippen molar-refractivity contribution in [2.24, 2.45) is 0 Å². The standard InChI is InChI=1S/C22H26N2O5S/c1-27-17-12-14(13-18(28-2)20(17)29-3)22(26)24-10-8-15(9-11-24)23-21(25)16-6-4-5-7-19(16)30/h4-7,12-13,15,30H,8-11H2,1-3H3,(H,23,25). The maximum absolute atomic E-state index is 13.0. The van der Waals surface area contributed by atoms with E-state index >= 15 is 0 Å². The first-order valence-electron chi connectivity index (χ1n) is 9.66. The molecule has 1 saturated heterocycles. The number of carbonyl (C=O) groups excluding carboxylic acids is 2. The van der Waals surface area contributed by atoms with Crippen LogP contribution in [0.5, 0.6) is 17.2 Å². The fourth-order valence-corrected chi connectivity index (χ4v) is 3.80. The van der Waals surface area contributed by atoms with Crippen LogP contribution in [0.15, 0.2) is 41.3 Å². The molecule has 8 heteroatoms. The van der Waals surface area contributed by atoms with Gasteiger partial charge in [0.15, 0.2) is 11.5 Å². The van der Waals surface area contributed by atoms with Crippen molar-refractivity contribution >= 4 is 24.4 Å². The van der Waals surface area contributed by atoms with Gasteiger partial charge in [-0.05, 0) is 37.1 Å². The molecule has 0 aliphatic carbocycles. The predicted octanol–water partition coefficient (Wildman–Crippen LogP) is 3.04. The zero-order chi connectivity index (χ0) is 21.7. The zero-order valence-electron chi connectivity index (χ0n) is 17.3. The number of hydrogen-bond donors (Lipinski definition) is 2. The second-order valence-electron chi connectivity index (χ2n) is 6.97. The number of carbonyl (C=O) groups is 2. The lowest BCUT2D eigenvalue weighted by molar-refractivity contribution is 0.0697. The summed E-state index contributed by atoms with van der Waals surface area (Å²) < 4.78 is 16.0. The van der Waals surface area contributed by atoms with Crippen LogP contribution in [0.3, 0.4) is 0 Å². The molecule has 0 aromatic heterocycles. The number of thiol groups is 1. The molecule has 2 aromatic carbocycles. The van der Waals surface area contributed by atoms with E-state index in [-0.39, 0.29) is 17.9 Å². The quantitative estimate of drug-likeness (QED) is 0.689. The van der Waals surface area contributed by atoms with E-state index in [1.165, 1.54) is 21.3 Å². The molecule has 0 bridgehead atoms. The Hall–Kier alpha value is -2.87. The van der Waals surface area contributed by atoms with Gasteiger partial charge in [-0.3, -0.25) is 9.59 Å². The van der Waals surface area contributed by atoms with Crippen LogP contribution in [0.4, 0.5) is 0 Å². The summed E-state index contributed by atoms with van der Waals surface area (Å²) in [6, 6.07) is 10.5. The van der Waals surface area contributed by atoms with Crippen molar-refractivity contribution < 1.29 is 23.8 Å². The molecule has 0 atom stereocenters. The summed E-state index contributed by atoms with van der Waals surface area (Å²) in [5.41, 5.74) is 1.02. The summed E-state index contributed by atoms with van der Waals surface area (Å²) in [6.07, 6.45) is 1.35. The van der Waals surface area contributed by atoms with Crippen molar-refractivity contribution in [1.82, 2.24) is 10.2 Å². The van der Waals surface area contributed by atoms with Gasteiger partial charge < -0.3 is 24.4 Å². The van der Waals surface area contributed by atoms with Crippen molar-refractivity contribution in [2.45, 2.75) is 23.8 Å². The van der Waals surface area contributed by atoms with Gasteiger partial charge in [0.05, 0.1) is 26.9 Å². The Labute approximate surface area is 181 Å². The Bertz CT molecular complexity index is 900. The Balaban J connectivity index is 1.64. The molecule has 2 amide bonds. The van der Waals surface area contributed by atoms with Gasteiger partial charge in [-0.1, -0.05) is 12.1 Å². The van der Waals surface area contributed by atoms with Gasteiger partial charge in [0.25, 0.3) is 11.8 Å². The van der Waals surface area contributed by atoms with Crippen LogP contribution in [0.1, 0.15) is 33.6 Å². The largest absolute Gasteiger partial charge is 0.493 e. The Kier molecular flexibility index (Phi) is 7.10. The van der Waals surface area contributed by atoms with E-state index < -0.39 is 0 Å². The first kappa shape index (κ1) is 21.8. The highest BCUT2D eigenvalue weighted by Gasteiger charge is 2.27. The van der Waals surface area contributed by atoms with E-state index in [2.05, 4.69) is 17.9 Å². The molecule has 1 aliphatic heterocycles. The Morgan fingerprint density at radius 2 is 1.60 bits per heavy atom. The van der Waals surface area contributed by atoms with Crippen LogP contribution in [0, 0.1) is 0 Å². The molecule has 3 rings (SSSR count). The number of nitrogens with one attached hydrogen (secondary N) is 1. The molecule has 30 heavy (non-hydrogen) atoms. The molecule has 0 saturated carbocycles. The molecular weight excluding hydrogens is 404 g/mol. The first-order valence-corrected chi connectivity index (χ1v) is 10.1. The van der Waals surface area contributed by atoms with Crippen LogP contribution in [0.25, 0.3) is 0 Å². The third kappa shape index (κ3) is 4.64. The highest BCUT2D eigenvalue weighted by molar-refractivity contribution is 7.80. The number of benzene rings is 2. The second kappa shape index (κ2) is 9.75. The van der Waals surface area contributed by atoms with Gasteiger partial charge in [0, 0.05) is 29.6 Å². The van der Waals surface area contributed by atoms with Crippen molar-refractivity contribution in [1.29, 1.82) is 0 Å². The fraction of sp³-hybridized carbons (Fsp3) is 0.364. The van der Waals surface area contributed by atoms with Crippen molar-refractivity contribution in [3.63, 3.8) is 0 Å². The maximum Gasteiger partial charge on any atom is 0.254 e. The number of rotatable bonds is 6. The van der Waals surface area contributed by atoms with Gasteiger partial charge in [-0.15, -0.1) is 12.6 Å². The van der Waals surface area contributed by atoms with Gasteiger partial charge in [0.2, 0.25) is 5.75 Å². The topological polar surface area (TPSA) is 77.1 Å². The Morgan fingerprint density at radius 3 is 2.13 bits per heavy atom. The van der Waals surface area contributed by atoms with E-state index in [9.17, 15) is 9.59 Å². The van der Waals surface area contributed by atoms with E-state index in [4.69, 9.17) is 14.2 Å². The van der Waals surface area contributed by atoms with Crippen molar-refractivity contribution in [2.75, 3.05) is 34.4 Å². The number of likely N-dealkylation sites (tertiary alicyclic amines) is 1. The smallest absolute Gasteiger partial charge is 0.254 e. The molecule has 2 aromatic rings. The minimum absolute atomic E-state index is 0.00873. The molecule has 7 nitrogen and oxygen atoms in total. The van der Waals surface area contributed by atoms with Crippen LogP contribution < -0.4 is 19.5 Å². The SMILES string of the molecule is COc1cc(C(=O)N2CCC(NC(=O)c3ccccc3S)CC2)cc(OC)c1OC. The molecule has 1 aliphatic rings. The zero-order valence-corrected chi connectivity index (χ0v) is 18.2. The summed E-state index contributed by atoms with van der Waals surface area (Å²) in [5, 5.41) is 3.04. The molecule has 0 radical (unpaired) electrons. The molecule has 1 fully saturated rings. The van der Waals surface area contributed by atoms with E-state index in [1.807, 2.05) is 12.1 Å². The van der Waals surface area contributed by atoms with E-state index in [0.717, 1.165) is 0 Å². The first-order chi connectivity index (χ1) is 14.5. The summed E-state index contributed by atoms with van der Waals surface area (Å²) >= 11 is 4.34. The molecule has 0 spiro atoms. The van der Waals surface area contributed by atoms with Crippen molar-refractivity contribution in [3.05, 3.63) is 47.5 Å². The maximum atomic E-state index is 13.0. The highest BCUT2D eigenvalue weighted by Crippen LogP contribution is 2.38. The summed E-state index contributed by atoms with van der Waals surface area (Å²) in [4.78, 5) is 27.9. The van der Waals surface area contributed by atoms with Gasteiger partial charge in [-0.25, -0.2) is 0 Å². The molecule has 1 heterocycles. The van der Waals surface area contributed by atoms with Crippen LogP contribution in [0.2, 0.25) is 0 Å². The van der Waals surface area contributed by atoms with Gasteiger partial charge in [0.1, 0.15) is 0 Å². The molecular formula is C22H26N2O5S. The number of piperidine rings is 1. The Morgan fingerprint density at radius 1 is 1.00 bits per heavy atom. The lowest BCUT2D eigenvalue weighted by atomic mass is 10.0. The number of methoxy groups -OCH3 is 3. The monoisotopic (exact) mass is 430 g/mol. The number of nitrogens with zero attached hydrogens (tertiary/aromatic N) is 1. The van der Waals surface area contributed by atoms with E-state index in [0.29, 0.717) is 59.2 Å². The third-order valence-electron chi connectivity index (χ3n) is 5.18. The molecule has 160 valence electrons. The summed E-state index contributed by atoms with van der Waals surface area (Å²) in [5.74, 6) is 1.07. The van der Waals surface area contributed by atoms with Gasteiger partial charge >= 0.3 is 0 Å². The average molecular weight is 431 g/mol. The van der Waals surface area contributed by atoms with Crippen LogP contribution in [-0.4, -0.2) is 57.2 Å². The second-order valence-corrected chi connectivity index (χ2v) is 7.45. The third-order valence-corrected chi connectivity index (χ3v) is 5.57. The normalized spacial score (nSPS) is 14.2. The number of hydrogen-bond acceptors (Lipinski definition) is 6. The molecule has 0 unspecified atom stereocenters. The van der Waals surface area contributed by atoms with Crippen LogP contribution in [-0.2, 0) is 0 Å². The fourth-order valence-electron chi connectivity index (χ4n) is 3.54. The predicted molar refractivity (Wildman–Crippen MR) is 116 cm³/mol. The van der Waals surface area contributed by atoms with E-state index in [1.54, 1.807) is 29.2 Å². The lowest BCUT2D eigenvalue weighted by Crippen LogP contribution is -2.46.